The average Bonchev–Trinajstić information content (AvgIpc) is 3.00. The van der Waals surface area contributed by atoms with Crippen molar-refractivity contribution in [2.24, 2.45) is 11.0 Å². The summed E-state index contributed by atoms with van der Waals surface area (Å²) in [6.45, 7) is 0. The van der Waals surface area contributed by atoms with Crippen LogP contribution in [0.1, 0.15) is 24.8 Å². The number of benzene rings is 1. The number of nitrogens with zero attached hydrogens (tertiary/aromatic N) is 4. The Morgan fingerprint density at radius 2 is 2.19 bits per heavy atom. The van der Waals surface area contributed by atoms with Gasteiger partial charge in [0.25, 0.3) is 0 Å². The summed E-state index contributed by atoms with van der Waals surface area (Å²) in [5.74, 6) is 1.41. The molecule has 1 aliphatic carbocycles. The Balaban J connectivity index is 1.61. The summed E-state index contributed by atoms with van der Waals surface area (Å²) >= 11 is 1.66. The van der Waals surface area contributed by atoms with Gasteiger partial charge < -0.3 is 0 Å². The van der Waals surface area contributed by atoms with E-state index in [1.54, 1.807) is 22.8 Å². The molecule has 3 rings (SSSR count). The number of hydrogen-bond donors (Lipinski definition) is 0. The fourth-order valence-electron chi connectivity index (χ4n) is 2.23. The number of aromatic nitrogens is 3. The predicted molar refractivity (Wildman–Crippen MR) is 86.4 cm³/mol. The highest BCUT2D eigenvalue weighted by Crippen LogP contribution is 2.21. The first kappa shape index (κ1) is 14.1. The van der Waals surface area contributed by atoms with Gasteiger partial charge in [-0.15, -0.1) is 10.2 Å². The molecule has 0 saturated heterocycles. The third-order valence-electron chi connectivity index (χ3n) is 3.42. The number of thioether (sulfide) groups is 1. The van der Waals surface area contributed by atoms with Crippen molar-refractivity contribution in [1.29, 1.82) is 0 Å². The molecular formula is C16H18N4S. The van der Waals surface area contributed by atoms with Crippen molar-refractivity contribution in [1.82, 2.24) is 14.9 Å². The van der Waals surface area contributed by atoms with Gasteiger partial charge in [-0.05, 0) is 30.7 Å². The molecule has 1 atom stereocenters. The van der Waals surface area contributed by atoms with Crippen LogP contribution in [0.3, 0.4) is 0 Å². The summed E-state index contributed by atoms with van der Waals surface area (Å²) < 4.78 is 1.77. The van der Waals surface area contributed by atoms with Crippen LogP contribution in [0.2, 0.25) is 0 Å². The minimum Gasteiger partial charge on any atom is -0.195 e. The lowest BCUT2D eigenvalue weighted by Crippen LogP contribution is -2.05. The summed E-state index contributed by atoms with van der Waals surface area (Å²) in [6, 6.07) is 10.4. The number of rotatable bonds is 5. The van der Waals surface area contributed by atoms with Gasteiger partial charge >= 0.3 is 0 Å². The number of allylic oxidation sites excluding steroid dienone is 2. The molecule has 5 heteroatoms. The molecule has 108 valence electrons. The van der Waals surface area contributed by atoms with Crippen LogP contribution in [-0.4, -0.2) is 21.1 Å². The molecule has 4 nitrogen and oxygen atoms in total. The maximum absolute atomic E-state index is 4.51. The van der Waals surface area contributed by atoms with Crippen LogP contribution in [0.5, 0.6) is 0 Å². The molecule has 2 aromatic rings. The van der Waals surface area contributed by atoms with E-state index in [9.17, 15) is 0 Å². The van der Waals surface area contributed by atoms with Crippen molar-refractivity contribution >= 4 is 18.0 Å². The fraction of sp³-hybridized carbons (Fsp3) is 0.312. The van der Waals surface area contributed by atoms with E-state index in [-0.39, 0.29) is 0 Å². The first-order valence-corrected chi connectivity index (χ1v) is 8.16. The predicted octanol–water partition coefficient (Wildman–Crippen LogP) is 3.76. The van der Waals surface area contributed by atoms with Gasteiger partial charge in [0.1, 0.15) is 6.33 Å². The van der Waals surface area contributed by atoms with Crippen molar-refractivity contribution in [2.45, 2.75) is 30.2 Å². The average molecular weight is 298 g/mol. The molecule has 1 aliphatic rings. The van der Waals surface area contributed by atoms with Crippen LogP contribution < -0.4 is 0 Å². The zero-order valence-electron chi connectivity index (χ0n) is 11.8. The second-order valence-corrected chi connectivity index (χ2v) is 5.98. The van der Waals surface area contributed by atoms with E-state index in [1.807, 2.05) is 12.3 Å². The molecule has 0 amide bonds. The van der Waals surface area contributed by atoms with Gasteiger partial charge in [-0.2, -0.15) is 9.78 Å². The molecule has 1 heterocycles. The highest BCUT2D eigenvalue weighted by atomic mass is 32.2. The summed E-state index contributed by atoms with van der Waals surface area (Å²) in [7, 11) is 0. The molecule has 0 unspecified atom stereocenters. The molecule has 0 radical (unpaired) electrons. The van der Waals surface area contributed by atoms with Crippen LogP contribution in [0.25, 0.3) is 0 Å². The third-order valence-corrected chi connectivity index (χ3v) is 4.43. The largest absolute Gasteiger partial charge is 0.212 e. The minimum atomic E-state index is 0.532. The first-order chi connectivity index (χ1) is 10.4. The second kappa shape index (κ2) is 7.22. The van der Waals surface area contributed by atoms with Gasteiger partial charge in [-0.25, -0.2) is 0 Å². The van der Waals surface area contributed by atoms with Gasteiger partial charge in [-0.3, -0.25) is 0 Å². The van der Waals surface area contributed by atoms with Gasteiger partial charge in [0, 0.05) is 12.0 Å². The minimum absolute atomic E-state index is 0.532. The molecular weight excluding hydrogens is 280 g/mol. The van der Waals surface area contributed by atoms with Crippen LogP contribution in [0.15, 0.2) is 59.1 Å². The Hall–Kier alpha value is -1.88. The topological polar surface area (TPSA) is 43.1 Å². The Labute approximate surface area is 129 Å². The van der Waals surface area contributed by atoms with E-state index < -0.39 is 0 Å². The van der Waals surface area contributed by atoms with Crippen molar-refractivity contribution in [2.75, 3.05) is 0 Å². The van der Waals surface area contributed by atoms with E-state index >= 15 is 0 Å². The smallest absolute Gasteiger partial charge is 0.195 e. The van der Waals surface area contributed by atoms with Gasteiger partial charge in [0.2, 0.25) is 5.16 Å². The Kier molecular flexibility index (Phi) is 4.84. The molecule has 21 heavy (non-hydrogen) atoms. The molecule has 0 saturated carbocycles. The number of hydrogen-bond acceptors (Lipinski definition) is 4. The normalized spacial score (nSPS) is 18.4. The quantitative estimate of drug-likeness (QED) is 0.479. The lowest BCUT2D eigenvalue weighted by Gasteiger charge is -2.11. The molecule has 0 spiro atoms. The molecule has 0 fully saturated rings. The zero-order valence-corrected chi connectivity index (χ0v) is 12.6. The van der Waals surface area contributed by atoms with E-state index in [0.717, 1.165) is 23.8 Å². The summed E-state index contributed by atoms with van der Waals surface area (Å²) in [5, 5.41) is 13.5. The summed E-state index contributed by atoms with van der Waals surface area (Å²) in [5.41, 5.74) is 1.28. The zero-order chi connectivity index (χ0) is 14.3. The van der Waals surface area contributed by atoms with Gasteiger partial charge in [0.15, 0.2) is 0 Å². The fourth-order valence-corrected chi connectivity index (χ4v) is 3.05. The van der Waals surface area contributed by atoms with E-state index in [0.29, 0.717) is 5.92 Å². The van der Waals surface area contributed by atoms with Crippen molar-refractivity contribution in [3.05, 3.63) is 54.4 Å². The molecule has 0 aliphatic heterocycles. The Morgan fingerprint density at radius 1 is 1.29 bits per heavy atom. The molecule has 0 bridgehead atoms. The van der Waals surface area contributed by atoms with Gasteiger partial charge in [-0.1, -0.05) is 54.2 Å². The Morgan fingerprint density at radius 3 is 3.00 bits per heavy atom. The van der Waals surface area contributed by atoms with Gasteiger partial charge in [0.05, 0.1) is 0 Å². The van der Waals surface area contributed by atoms with E-state index in [1.165, 1.54) is 12.0 Å². The summed E-state index contributed by atoms with van der Waals surface area (Å²) in [6.07, 6.45) is 11.6. The SMILES string of the molecule is C1=CC[C@H](/C=N\n2cnnc2SCc2ccccc2)CC1. The lowest BCUT2D eigenvalue weighted by molar-refractivity contribution is 0.618. The highest BCUT2D eigenvalue weighted by Gasteiger charge is 2.08. The maximum Gasteiger partial charge on any atom is 0.212 e. The Bertz CT molecular complexity index is 618. The molecule has 0 N–H and O–H groups in total. The lowest BCUT2D eigenvalue weighted by atomic mass is 9.96. The van der Waals surface area contributed by atoms with Crippen LogP contribution >= 0.6 is 11.8 Å². The standard InChI is InChI=1S/C16H18N4S/c1-3-7-14(8-4-1)11-18-20-13-17-19-16(20)21-12-15-9-5-2-6-10-15/h1-3,5-6,9-11,13-14H,4,7-8,12H2/b18-11-/t14-/m0/s1. The van der Waals surface area contributed by atoms with Crippen molar-refractivity contribution < 1.29 is 0 Å². The van der Waals surface area contributed by atoms with E-state index in [4.69, 9.17) is 0 Å². The summed E-state index contributed by atoms with van der Waals surface area (Å²) in [4.78, 5) is 0. The molecule has 1 aromatic heterocycles. The van der Waals surface area contributed by atoms with Crippen LogP contribution in [0.4, 0.5) is 0 Å². The van der Waals surface area contributed by atoms with E-state index in [2.05, 4.69) is 51.7 Å². The first-order valence-electron chi connectivity index (χ1n) is 7.18. The third kappa shape index (κ3) is 4.04. The monoisotopic (exact) mass is 298 g/mol. The van der Waals surface area contributed by atoms with Crippen LogP contribution in [0, 0.1) is 5.92 Å². The van der Waals surface area contributed by atoms with Crippen molar-refractivity contribution in [3.8, 4) is 0 Å². The molecule has 1 aromatic carbocycles. The van der Waals surface area contributed by atoms with Crippen molar-refractivity contribution in [3.63, 3.8) is 0 Å². The maximum atomic E-state index is 4.51. The highest BCUT2D eigenvalue weighted by molar-refractivity contribution is 7.98. The van der Waals surface area contributed by atoms with Crippen LogP contribution in [-0.2, 0) is 5.75 Å². The second-order valence-electron chi connectivity index (χ2n) is 5.04.